The summed E-state index contributed by atoms with van der Waals surface area (Å²) in [5.41, 5.74) is -1.18. The Bertz CT molecular complexity index is 905. The van der Waals surface area contributed by atoms with Gasteiger partial charge in [-0.05, 0) is 38.0 Å². The van der Waals surface area contributed by atoms with Crippen LogP contribution in [0.2, 0.25) is 0 Å². The van der Waals surface area contributed by atoms with Gasteiger partial charge in [-0.3, -0.25) is 9.35 Å². The molecule has 1 aliphatic heterocycles. The molecular formula is C19H23F7O7S. The summed E-state index contributed by atoms with van der Waals surface area (Å²) in [6, 6.07) is 0. The van der Waals surface area contributed by atoms with E-state index in [1.165, 1.54) is 0 Å². The molecule has 0 aromatic heterocycles. The van der Waals surface area contributed by atoms with Crippen LogP contribution in [0.4, 0.5) is 30.7 Å². The maximum absolute atomic E-state index is 13.8. The highest BCUT2D eigenvalue weighted by Crippen LogP contribution is 2.66. The third-order valence-electron chi connectivity index (χ3n) is 7.57. The summed E-state index contributed by atoms with van der Waals surface area (Å²) >= 11 is 0. The number of carbonyl (C=O) groups is 1. The van der Waals surface area contributed by atoms with E-state index in [1.54, 1.807) is 0 Å². The van der Waals surface area contributed by atoms with Crippen LogP contribution in [0.1, 0.15) is 38.5 Å². The predicted octanol–water partition coefficient (Wildman–Crippen LogP) is 3.58. The first kappa shape index (κ1) is 25.9. The lowest BCUT2D eigenvalue weighted by Crippen LogP contribution is -2.65. The highest BCUT2D eigenvalue weighted by Gasteiger charge is 2.70. The zero-order valence-electron chi connectivity index (χ0n) is 17.6. The Morgan fingerprint density at radius 1 is 1.03 bits per heavy atom. The van der Waals surface area contributed by atoms with Crippen molar-refractivity contribution in [1.82, 2.24) is 0 Å². The van der Waals surface area contributed by atoms with Crippen molar-refractivity contribution < 1.29 is 62.7 Å². The first-order valence-corrected chi connectivity index (χ1v) is 12.1. The van der Waals surface area contributed by atoms with Crippen LogP contribution < -0.4 is 0 Å². The second-order valence-electron chi connectivity index (χ2n) is 9.76. The maximum Gasteiger partial charge on any atom is 0.400 e. The fourth-order valence-corrected chi connectivity index (χ4v) is 6.49. The van der Waals surface area contributed by atoms with Crippen LogP contribution >= 0.6 is 0 Å². The highest BCUT2D eigenvalue weighted by molar-refractivity contribution is 7.86. The molecule has 1 heterocycles. The lowest BCUT2D eigenvalue weighted by Gasteiger charge is -2.62. The van der Waals surface area contributed by atoms with Gasteiger partial charge in [0.1, 0.15) is 13.2 Å². The van der Waals surface area contributed by atoms with Gasteiger partial charge in [-0.1, -0.05) is 0 Å². The molecular weight excluding hydrogens is 505 g/mol. The zero-order valence-corrected chi connectivity index (χ0v) is 18.4. The van der Waals surface area contributed by atoms with Crippen LogP contribution in [-0.2, 0) is 29.1 Å². The Morgan fingerprint density at radius 3 is 2.00 bits per heavy atom. The molecule has 15 heteroatoms. The smallest absolute Gasteiger partial charge is 0.400 e. The molecule has 5 aliphatic rings. The molecule has 3 unspecified atom stereocenters. The lowest BCUT2D eigenvalue weighted by atomic mass is 9.47. The molecule has 1 N–H and O–H groups in total. The number of rotatable bonds is 6. The van der Waals surface area contributed by atoms with Gasteiger partial charge in [0.25, 0.3) is 0 Å². The summed E-state index contributed by atoms with van der Waals surface area (Å²) in [5.74, 6) is -12.9. The summed E-state index contributed by atoms with van der Waals surface area (Å²) < 4.78 is 141. The van der Waals surface area contributed by atoms with E-state index in [1.807, 2.05) is 0 Å². The van der Waals surface area contributed by atoms with Crippen molar-refractivity contribution in [3.63, 3.8) is 0 Å². The maximum atomic E-state index is 13.8. The minimum atomic E-state index is -6.01. The van der Waals surface area contributed by atoms with Crippen molar-refractivity contribution in [3.05, 3.63) is 0 Å². The van der Waals surface area contributed by atoms with Crippen molar-refractivity contribution in [1.29, 1.82) is 0 Å². The van der Waals surface area contributed by atoms with Gasteiger partial charge in [-0.15, -0.1) is 0 Å². The average molecular weight is 528 g/mol. The monoisotopic (exact) mass is 528 g/mol. The topological polar surface area (TPSA) is 99.1 Å². The Kier molecular flexibility index (Phi) is 6.02. The normalized spacial score (nSPS) is 36.8. The Hall–Kier alpha value is -1.19. The Balaban J connectivity index is 1.44. The van der Waals surface area contributed by atoms with Crippen LogP contribution in [0, 0.1) is 23.2 Å². The van der Waals surface area contributed by atoms with E-state index in [9.17, 15) is 43.9 Å². The fourth-order valence-electron chi connectivity index (χ4n) is 6.05. The zero-order chi connectivity index (χ0) is 25.4. The number of carbonyl (C=O) groups excluding carboxylic acids is 1. The van der Waals surface area contributed by atoms with Crippen molar-refractivity contribution in [2.24, 2.45) is 23.2 Å². The molecule has 1 spiro atoms. The number of hydrogen-bond donors (Lipinski definition) is 1. The van der Waals surface area contributed by atoms with Crippen molar-refractivity contribution in [2.45, 2.75) is 67.6 Å². The van der Waals surface area contributed by atoms with E-state index >= 15 is 0 Å². The van der Waals surface area contributed by atoms with Gasteiger partial charge in [0, 0.05) is 18.3 Å². The summed E-state index contributed by atoms with van der Waals surface area (Å²) in [5, 5.41) is -5.08. The number of esters is 1. The molecule has 0 aromatic rings. The van der Waals surface area contributed by atoms with Crippen LogP contribution in [0.5, 0.6) is 0 Å². The van der Waals surface area contributed by atoms with Crippen molar-refractivity contribution >= 4 is 16.1 Å². The van der Waals surface area contributed by atoms with Gasteiger partial charge in [0.05, 0.1) is 12.0 Å². The van der Waals surface area contributed by atoms with Crippen LogP contribution in [0.3, 0.4) is 0 Å². The molecule has 3 atom stereocenters. The number of alkyl halides is 7. The van der Waals surface area contributed by atoms with Gasteiger partial charge >= 0.3 is 33.2 Å². The third-order valence-corrected chi connectivity index (χ3v) is 8.51. The van der Waals surface area contributed by atoms with Crippen LogP contribution in [0.25, 0.3) is 0 Å². The molecule has 7 nitrogen and oxygen atoms in total. The standard InChI is InChI=1S/C19H23F7O7S/c20-13(19(25,26)34(28,29)30)1-2-31-14(27)15-5-10-3-11(6-15)18(12(4-10)7-15)32-8-16(21,22)17(23,24)9-33-18/h10-13H,1-9H2,(H,28,29,30). The van der Waals surface area contributed by atoms with E-state index in [4.69, 9.17) is 18.8 Å². The summed E-state index contributed by atoms with van der Waals surface area (Å²) in [7, 11) is -6.01. The van der Waals surface area contributed by atoms with E-state index in [0.717, 1.165) is 0 Å². The van der Waals surface area contributed by atoms with Gasteiger partial charge in [-0.2, -0.15) is 34.8 Å². The summed E-state index contributed by atoms with van der Waals surface area (Å²) in [4.78, 5) is 12.8. The summed E-state index contributed by atoms with van der Waals surface area (Å²) in [6.45, 7) is -3.99. The molecule has 5 rings (SSSR count). The van der Waals surface area contributed by atoms with Gasteiger partial charge in [0.15, 0.2) is 12.0 Å². The van der Waals surface area contributed by atoms with Crippen LogP contribution in [-0.4, -0.2) is 67.8 Å². The molecule has 196 valence electrons. The molecule has 4 bridgehead atoms. The molecule has 0 radical (unpaired) electrons. The van der Waals surface area contributed by atoms with Crippen LogP contribution in [0.15, 0.2) is 0 Å². The van der Waals surface area contributed by atoms with Gasteiger partial charge < -0.3 is 14.2 Å². The second kappa shape index (κ2) is 7.90. The number of ether oxygens (including phenoxy) is 3. The number of halogens is 7. The van der Waals surface area contributed by atoms with Crippen molar-refractivity contribution in [3.8, 4) is 0 Å². The molecule has 1 saturated heterocycles. The molecule has 4 saturated carbocycles. The average Bonchev–Trinajstić information content (AvgIpc) is 2.80. The SMILES string of the molecule is O=C(OCCC(F)C(F)(F)S(=O)(=O)O)C12CC3CC(C1)C1(OCC(F)(F)C(F)(F)CO1)C(C3)C2. The number of hydrogen-bond acceptors (Lipinski definition) is 6. The second-order valence-corrected chi connectivity index (χ2v) is 11.3. The molecule has 34 heavy (non-hydrogen) atoms. The highest BCUT2D eigenvalue weighted by atomic mass is 32.2. The first-order chi connectivity index (χ1) is 15.5. The minimum absolute atomic E-state index is 0.00376. The van der Waals surface area contributed by atoms with E-state index < -0.39 is 88.6 Å². The van der Waals surface area contributed by atoms with Gasteiger partial charge in [0.2, 0.25) is 0 Å². The van der Waals surface area contributed by atoms with Crippen molar-refractivity contribution in [2.75, 3.05) is 19.8 Å². The largest absolute Gasteiger partial charge is 0.465 e. The molecule has 0 aromatic carbocycles. The molecule has 0 amide bonds. The first-order valence-electron chi connectivity index (χ1n) is 10.7. The molecule has 4 aliphatic carbocycles. The van der Waals surface area contributed by atoms with Gasteiger partial charge in [-0.25, -0.2) is 4.39 Å². The van der Waals surface area contributed by atoms with E-state index in [2.05, 4.69) is 0 Å². The third kappa shape index (κ3) is 3.90. The Morgan fingerprint density at radius 2 is 1.53 bits per heavy atom. The minimum Gasteiger partial charge on any atom is -0.465 e. The van der Waals surface area contributed by atoms with E-state index in [0.29, 0.717) is 19.3 Å². The quantitative estimate of drug-likeness (QED) is 0.320. The fraction of sp³-hybridized carbons (Fsp3) is 0.947. The Labute approximate surface area is 190 Å². The van der Waals surface area contributed by atoms with E-state index in [-0.39, 0.29) is 18.8 Å². The lowest BCUT2D eigenvalue weighted by molar-refractivity contribution is -0.345. The molecule has 5 fully saturated rings. The predicted molar refractivity (Wildman–Crippen MR) is 97.5 cm³/mol. The summed E-state index contributed by atoms with van der Waals surface area (Å²) in [6.07, 6.45) is -3.45.